The minimum absolute atomic E-state index is 0.118. The second-order valence-electron chi connectivity index (χ2n) is 8.44. The lowest BCUT2D eigenvalue weighted by atomic mass is 10.1. The fraction of sp³-hybridized carbons (Fsp3) is 0.435. The van der Waals surface area contributed by atoms with E-state index in [2.05, 4.69) is 22.6 Å². The SMILES string of the molecule is CCc1ccc(CNC(=O)[C@@H]2CCCN2S(=O)(=O)c2ccc3c(c2)nnn3C(C)C)cc1. The van der Waals surface area contributed by atoms with Gasteiger partial charge < -0.3 is 5.32 Å². The maximum atomic E-state index is 13.4. The summed E-state index contributed by atoms with van der Waals surface area (Å²) in [6.45, 7) is 6.77. The van der Waals surface area contributed by atoms with Gasteiger partial charge in [-0.05, 0) is 62.4 Å². The van der Waals surface area contributed by atoms with Crippen molar-refractivity contribution in [2.24, 2.45) is 0 Å². The van der Waals surface area contributed by atoms with E-state index in [1.54, 1.807) is 22.9 Å². The van der Waals surface area contributed by atoms with Gasteiger partial charge in [-0.15, -0.1) is 5.10 Å². The number of benzene rings is 2. The monoisotopic (exact) mass is 455 g/mol. The number of nitrogens with zero attached hydrogens (tertiary/aromatic N) is 4. The molecule has 0 aliphatic carbocycles. The standard InChI is InChI=1S/C23H29N5O3S/c1-4-17-7-9-18(10-8-17)15-24-23(29)22-6-5-13-27(22)32(30,31)19-11-12-21-20(14-19)25-26-28(21)16(2)3/h7-12,14,16,22H,4-6,13,15H2,1-3H3,(H,24,29)/t22-/m0/s1. The Labute approximate surface area is 188 Å². The number of sulfonamides is 1. The Balaban J connectivity index is 1.51. The molecule has 1 saturated heterocycles. The lowest BCUT2D eigenvalue weighted by molar-refractivity contribution is -0.124. The molecule has 2 aromatic carbocycles. The number of hydrogen-bond donors (Lipinski definition) is 1. The molecule has 8 nitrogen and oxygen atoms in total. The van der Waals surface area contributed by atoms with Crippen LogP contribution >= 0.6 is 0 Å². The number of rotatable bonds is 7. The smallest absolute Gasteiger partial charge is 0.243 e. The Morgan fingerprint density at radius 1 is 1.16 bits per heavy atom. The van der Waals surface area contributed by atoms with Crippen molar-refractivity contribution < 1.29 is 13.2 Å². The lowest BCUT2D eigenvalue weighted by Gasteiger charge is -2.23. The van der Waals surface area contributed by atoms with Crippen LogP contribution in [-0.2, 0) is 27.8 Å². The zero-order valence-electron chi connectivity index (χ0n) is 18.7. The van der Waals surface area contributed by atoms with Gasteiger partial charge >= 0.3 is 0 Å². The van der Waals surface area contributed by atoms with Crippen LogP contribution in [0, 0.1) is 0 Å². The number of aromatic nitrogens is 3. The van der Waals surface area contributed by atoms with E-state index in [1.165, 1.54) is 9.87 Å². The Kier molecular flexibility index (Phi) is 6.30. The predicted octanol–water partition coefficient (Wildman–Crippen LogP) is 3.04. The van der Waals surface area contributed by atoms with Gasteiger partial charge in [0.2, 0.25) is 15.9 Å². The molecule has 1 aliphatic rings. The minimum atomic E-state index is -3.83. The first-order chi connectivity index (χ1) is 15.3. The molecule has 1 aliphatic heterocycles. The molecule has 1 amide bonds. The van der Waals surface area contributed by atoms with Crippen molar-refractivity contribution in [3.63, 3.8) is 0 Å². The second-order valence-corrected chi connectivity index (χ2v) is 10.3. The molecule has 1 fully saturated rings. The summed E-state index contributed by atoms with van der Waals surface area (Å²) >= 11 is 0. The van der Waals surface area contributed by atoms with E-state index in [0.717, 1.165) is 17.5 Å². The number of aryl methyl sites for hydroxylation is 1. The summed E-state index contributed by atoms with van der Waals surface area (Å²) in [5.74, 6) is -0.266. The van der Waals surface area contributed by atoms with Crippen LogP contribution < -0.4 is 5.32 Å². The quantitative estimate of drug-likeness (QED) is 0.591. The molecule has 1 N–H and O–H groups in total. The Hall–Kier alpha value is -2.78. The van der Waals surface area contributed by atoms with Crippen molar-refractivity contribution in [3.05, 3.63) is 53.6 Å². The van der Waals surface area contributed by atoms with Crippen LogP contribution in [0.3, 0.4) is 0 Å². The highest BCUT2D eigenvalue weighted by atomic mass is 32.2. The molecule has 9 heteroatoms. The number of carbonyl (C=O) groups is 1. The van der Waals surface area contributed by atoms with Crippen molar-refractivity contribution in [2.75, 3.05) is 6.54 Å². The van der Waals surface area contributed by atoms with Crippen LogP contribution in [0.5, 0.6) is 0 Å². The minimum Gasteiger partial charge on any atom is -0.351 e. The van der Waals surface area contributed by atoms with E-state index in [9.17, 15) is 13.2 Å². The largest absolute Gasteiger partial charge is 0.351 e. The fourth-order valence-corrected chi connectivity index (χ4v) is 5.77. The average Bonchev–Trinajstić information content (AvgIpc) is 3.45. The second kappa shape index (κ2) is 8.99. The summed E-state index contributed by atoms with van der Waals surface area (Å²) in [5, 5.41) is 11.1. The zero-order chi connectivity index (χ0) is 22.9. The van der Waals surface area contributed by atoms with Crippen LogP contribution in [0.2, 0.25) is 0 Å². The third kappa shape index (κ3) is 4.27. The number of carbonyl (C=O) groups excluding carboxylic acids is 1. The first-order valence-electron chi connectivity index (χ1n) is 11.0. The molecule has 1 aromatic heterocycles. The fourth-order valence-electron chi connectivity index (χ4n) is 4.09. The molecule has 3 aromatic rings. The molecule has 0 radical (unpaired) electrons. The van der Waals surface area contributed by atoms with E-state index in [1.807, 2.05) is 38.1 Å². The summed E-state index contributed by atoms with van der Waals surface area (Å²) in [7, 11) is -3.83. The summed E-state index contributed by atoms with van der Waals surface area (Å²) in [4.78, 5) is 13.0. The summed E-state index contributed by atoms with van der Waals surface area (Å²) in [5.41, 5.74) is 3.53. The van der Waals surface area contributed by atoms with Crippen LogP contribution in [0.15, 0.2) is 47.4 Å². The zero-order valence-corrected chi connectivity index (χ0v) is 19.5. The number of nitrogens with one attached hydrogen (secondary N) is 1. The van der Waals surface area contributed by atoms with Gasteiger partial charge in [0.1, 0.15) is 11.6 Å². The number of hydrogen-bond acceptors (Lipinski definition) is 5. The molecular weight excluding hydrogens is 426 g/mol. The van der Waals surface area contributed by atoms with Crippen LogP contribution in [0.25, 0.3) is 11.0 Å². The first-order valence-corrected chi connectivity index (χ1v) is 12.5. The Bertz CT molecular complexity index is 1220. The van der Waals surface area contributed by atoms with E-state index in [4.69, 9.17) is 0 Å². The Morgan fingerprint density at radius 2 is 1.88 bits per heavy atom. The molecule has 170 valence electrons. The van der Waals surface area contributed by atoms with Gasteiger partial charge in [0.15, 0.2) is 0 Å². The van der Waals surface area contributed by atoms with Crippen LogP contribution in [0.4, 0.5) is 0 Å². The molecule has 1 atom stereocenters. The number of amides is 1. The summed E-state index contributed by atoms with van der Waals surface area (Å²) < 4.78 is 29.8. The van der Waals surface area contributed by atoms with Gasteiger partial charge in [0.25, 0.3) is 0 Å². The predicted molar refractivity (Wildman–Crippen MR) is 122 cm³/mol. The van der Waals surface area contributed by atoms with Crippen molar-refractivity contribution in [1.29, 1.82) is 0 Å². The van der Waals surface area contributed by atoms with Gasteiger partial charge in [0, 0.05) is 19.1 Å². The highest BCUT2D eigenvalue weighted by molar-refractivity contribution is 7.89. The van der Waals surface area contributed by atoms with E-state index < -0.39 is 16.1 Å². The van der Waals surface area contributed by atoms with Crippen molar-refractivity contribution in [2.45, 2.75) is 63.6 Å². The lowest BCUT2D eigenvalue weighted by Crippen LogP contribution is -2.45. The topological polar surface area (TPSA) is 97.2 Å². The molecule has 0 unspecified atom stereocenters. The van der Waals surface area contributed by atoms with Gasteiger partial charge in [-0.2, -0.15) is 4.31 Å². The molecule has 32 heavy (non-hydrogen) atoms. The molecule has 0 saturated carbocycles. The molecule has 0 spiro atoms. The van der Waals surface area contributed by atoms with Gasteiger partial charge in [-0.25, -0.2) is 13.1 Å². The maximum absolute atomic E-state index is 13.4. The van der Waals surface area contributed by atoms with Gasteiger partial charge in [0.05, 0.1) is 10.4 Å². The third-order valence-corrected chi connectivity index (χ3v) is 7.85. The highest BCUT2D eigenvalue weighted by Crippen LogP contribution is 2.28. The molecular formula is C23H29N5O3S. The third-order valence-electron chi connectivity index (χ3n) is 5.94. The maximum Gasteiger partial charge on any atom is 0.243 e. The van der Waals surface area contributed by atoms with E-state index in [0.29, 0.717) is 31.4 Å². The van der Waals surface area contributed by atoms with Crippen molar-refractivity contribution >= 4 is 27.0 Å². The molecule has 0 bridgehead atoms. The van der Waals surface area contributed by atoms with Gasteiger partial charge in [-0.1, -0.05) is 36.4 Å². The van der Waals surface area contributed by atoms with Crippen molar-refractivity contribution in [1.82, 2.24) is 24.6 Å². The van der Waals surface area contributed by atoms with Crippen molar-refractivity contribution in [3.8, 4) is 0 Å². The average molecular weight is 456 g/mol. The van der Waals surface area contributed by atoms with Crippen LogP contribution in [-0.4, -0.2) is 46.2 Å². The van der Waals surface area contributed by atoms with E-state index in [-0.39, 0.29) is 16.8 Å². The molecule has 2 heterocycles. The number of fused-ring (bicyclic) bond motifs is 1. The Morgan fingerprint density at radius 3 is 2.56 bits per heavy atom. The summed E-state index contributed by atoms with van der Waals surface area (Å²) in [6, 6.07) is 12.3. The molecule has 4 rings (SSSR count). The summed E-state index contributed by atoms with van der Waals surface area (Å²) in [6.07, 6.45) is 2.11. The normalized spacial score (nSPS) is 17.3. The van der Waals surface area contributed by atoms with E-state index >= 15 is 0 Å². The van der Waals surface area contributed by atoms with Crippen LogP contribution in [0.1, 0.15) is 50.8 Å². The highest BCUT2D eigenvalue weighted by Gasteiger charge is 2.39. The first kappa shape index (κ1) is 22.4. The van der Waals surface area contributed by atoms with Gasteiger partial charge in [-0.3, -0.25) is 4.79 Å².